The first kappa shape index (κ1) is 21.4. The maximum Gasteiger partial charge on any atom is 0.251 e. The molecular weight excluding hydrogens is 458 g/mol. The highest BCUT2D eigenvalue weighted by Gasteiger charge is 2.32. The standard InChI is InChI=1S/C19H22BrN5O3S/c1-25-7-6-10-14(17(23)27)19(29-15(10)16(25)20)24-18(28)12(22)8-13(26)9-4-2-3-5-11(9)21/h2-5,12,16H,6-8,21-22H2,1H3,(H2,23,27)(H,24,28)/t12-,16?/m0/s1. The molecule has 0 spiro atoms. The number of nitrogens with two attached hydrogens (primary N) is 3. The number of rotatable bonds is 6. The quantitative estimate of drug-likeness (QED) is 0.215. The number of anilines is 2. The minimum atomic E-state index is -1.09. The Morgan fingerprint density at radius 2 is 2.03 bits per heavy atom. The van der Waals surface area contributed by atoms with E-state index in [9.17, 15) is 14.4 Å². The van der Waals surface area contributed by atoms with E-state index in [1.54, 1.807) is 24.3 Å². The van der Waals surface area contributed by atoms with Gasteiger partial charge in [-0.25, -0.2) is 0 Å². The van der Waals surface area contributed by atoms with E-state index >= 15 is 0 Å². The molecule has 2 amide bonds. The van der Waals surface area contributed by atoms with Crippen molar-refractivity contribution in [3.8, 4) is 0 Å². The molecule has 0 radical (unpaired) electrons. The van der Waals surface area contributed by atoms with Crippen molar-refractivity contribution in [3.63, 3.8) is 0 Å². The summed E-state index contributed by atoms with van der Waals surface area (Å²) in [5.74, 6) is -1.49. The summed E-state index contributed by atoms with van der Waals surface area (Å²) in [6.07, 6.45) is 0.442. The molecule has 1 unspecified atom stereocenters. The van der Waals surface area contributed by atoms with Crippen molar-refractivity contribution in [1.29, 1.82) is 0 Å². The number of nitrogens with zero attached hydrogens (tertiary/aromatic N) is 1. The molecule has 1 aromatic carbocycles. The lowest BCUT2D eigenvalue weighted by Crippen LogP contribution is -2.37. The second kappa shape index (κ2) is 8.62. The maximum atomic E-state index is 12.6. The predicted octanol–water partition coefficient (Wildman–Crippen LogP) is 1.85. The number of hydrogen-bond donors (Lipinski definition) is 4. The zero-order valence-corrected chi connectivity index (χ0v) is 18.2. The number of carbonyl (C=O) groups excluding carboxylic acids is 3. The van der Waals surface area contributed by atoms with Crippen LogP contribution < -0.4 is 22.5 Å². The van der Waals surface area contributed by atoms with Gasteiger partial charge < -0.3 is 22.5 Å². The predicted molar refractivity (Wildman–Crippen MR) is 117 cm³/mol. The Bertz CT molecular complexity index is 977. The van der Waals surface area contributed by atoms with Crippen LogP contribution in [0.2, 0.25) is 0 Å². The lowest BCUT2D eigenvalue weighted by molar-refractivity contribution is -0.117. The van der Waals surface area contributed by atoms with E-state index in [1.165, 1.54) is 11.3 Å². The number of Topliss-reactive ketones (excluding diaryl/α,β-unsaturated/α-hetero) is 1. The van der Waals surface area contributed by atoms with Crippen molar-refractivity contribution in [2.45, 2.75) is 23.8 Å². The minimum Gasteiger partial charge on any atom is -0.398 e. The fraction of sp³-hybridized carbons (Fsp3) is 0.316. The number of fused-ring (bicyclic) bond motifs is 1. The summed E-state index contributed by atoms with van der Waals surface area (Å²) in [4.78, 5) is 40.0. The summed E-state index contributed by atoms with van der Waals surface area (Å²) in [6.45, 7) is 0.750. The van der Waals surface area contributed by atoms with E-state index in [0.29, 0.717) is 28.2 Å². The van der Waals surface area contributed by atoms with E-state index in [2.05, 4.69) is 26.1 Å². The van der Waals surface area contributed by atoms with E-state index in [0.717, 1.165) is 17.0 Å². The van der Waals surface area contributed by atoms with Gasteiger partial charge in [0.1, 0.15) is 9.95 Å². The highest BCUT2D eigenvalue weighted by Crippen LogP contribution is 2.44. The Balaban J connectivity index is 1.78. The van der Waals surface area contributed by atoms with Crippen LogP contribution in [-0.2, 0) is 11.2 Å². The molecule has 0 saturated heterocycles. The van der Waals surface area contributed by atoms with Gasteiger partial charge in [-0.3, -0.25) is 19.3 Å². The number of likely N-dealkylation sites (N-methyl/N-ethyl adjacent to an activating group) is 1. The van der Waals surface area contributed by atoms with Gasteiger partial charge in [-0.15, -0.1) is 11.3 Å². The molecular formula is C19H22BrN5O3S. The molecule has 154 valence electrons. The monoisotopic (exact) mass is 479 g/mol. The van der Waals surface area contributed by atoms with Gasteiger partial charge in [-0.05, 0) is 31.2 Å². The largest absolute Gasteiger partial charge is 0.398 e. The lowest BCUT2D eigenvalue weighted by atomic mass is 10.0. The Morgan fingerprint density at radius 1 is 1.34 bits per heavy atom. The molecule has 0 fully saturated rings. The highest BCUT2D eigenvalue weighted by molar-refractivity contribution is 9.09. The Hall–Kier alpha value is -2.27. The zero-order valence-electron chi connectivity index (χ0n) is 15.8. The number of carbonyl (C=O) groups is 3. The van der Waals surface area contributed by atoms with Crippen LogP contribution >= 0.6 is 27.3 Å². The van der Waals surface area contributed by atoms with Gasteiger partial charge in [0.2, 0.25) is 5.91 Å². The van der Waals surface area contributed by atoms with Gasteiger partial charge in [-0.1, -0.05) is 28.1 Å². The fourth-order valence-corrected chi connectivity index (χ4v) is 5.30. The Morgan fingerprint density at radius 3 is 2.69 bits per heavy atom. The average Bonchev–Trinajstić information content (AvgIpc) is 3.03. The lowest BCUT2D eigenvalue weighted by Gasteiger charge is -2.28. The molecule has 0 aliphatic carbocycles. The van der Waals surface area contributed by atoms with Crippen LogP contribution in [-0.4, -0.2) is 42.1 Å². The van der Waals surface area contributed by atoms with Crippen molar-refractivity contribution in [2.75, 3.05) is 24.6 Å². The zero-order chi connectivity index (χ0) is 21.3. The topological polar surface area (TPSA) is 145 Å². The van der Waals surface area contributed by atoms with Crippen LogP contribution in [0.1, 0.15) is 42.5 Å². The molecule has 1 aliphatic rings. The number of ketones is 1. The molecule has 0 bridgehead atoms. The molecule has 8 nitrogen and oxygen atoms in total. The van der Waals surface area contributed by atoms with Crippen LogP contribution in [0.15, 0.2) is 24.3 Å². The summed E-state index contributed by atoms with van der Waals surface area (Å²) >= 11 is 4.88. The molecule has 0 saturated carbocycles. The van der Waals surface area contributed by atoms with Gasteiger partial charge in [0.05, 0.1) is 11.6 Å². The molecule has 10 heteroatoms. The Kier molecular flexibility index (Phi) is 6.37. The van der Waals surface area contributed by atoms with E-state index in [1.807, 2.05) is 7.05 Å². The molecule has 7 N–H and O–H groups in total. The van der Waals surface area contributed by atoms with Gasteiger partial charge >= 0.3 is 0 Å². The molecule has 2 atom stereocenters. The van der Waals surface area contributed by atoms with E-state index in [4.69, 9.17) is 17.2 Å². The number of amides is 2. The minimum absolute atomic E-state index is 0.0729. The van der Waals surface area contributed by atoms with Gasteiger partial charge in [0, 0.05) is 29.1 Å². The highest BCUT2D eigenvalue weighted by atomic mass is 79.9. The molecule has 1 aliphatic heterocycles. The van der Waals surface area contributed by atoms with Crippen molar-refractivity contribution in [1.82, 2.24) is 4.90 Å². The van der Waals surface area contributed by atoms with Crippen LogP contribution in [0.25, 0.3) is 0 Å². The SMILES string of the molecule is CN1CCc2c(sc(NC(=O)[C@@H](N)CC(=O)c3ccccc3N)c2C(N)=O)C1Br. The molecule has 2 heterocycles. The summed E-state index contributed by atoms with van der Waals surface area (Å²) in [7, 11) is 1.96. The van der Waals surface area contributed by atoms with Crippen LogP contribution in [0, 0.1) is 0 Å². The summed E-state index contributed by atoms with van der Waals surface area (Å²) in [5, 5.41) is 3.04. The Labute approximate surface area is 180 Å². The van der Waals surface area contributed by atoms with Crippen LogP contribution in [0.5, 0.6) is 0 Å². The second-order valence-corrected chi connectivity index (χ2v) is 8.81. The first-order valence-corrected chi connectivity index (χ1v) is 10.7. The average molecular weight is 480 g/mol. The number of nitrogen functional groups attached to an aromatic ring is 1. The number of primary amides is 1. The summed E-state index contributed by atoms with van der Waals surface area (Å²) < 4.78 is 0. The summed E-state index contributed by atoms with van der Waals surface area (Å²) in [5.41, 5.74) is 19.1. The normalized spacial score (nSPS) is 17.4. The van der Waals surface area contributed by atoms with Gasteiger partial charge in [0.15, 0.2) is 5.78 Å². The van der Waals surface area contributed by atoms with Gasteiger partial charge in [0.25, 0.3) is 5.91 Å². The van der Waals surface area contributed by atoms with Crippen molar-refractivity contribution in [2.24, 2.45) is 11.5 Å². The van der Waals surface area contributed by atoms with Crippen LogP contribution in [0.3, 0.4) is 0 Å². The molecule has 1 aromatic heterocycles. The molecule has 29 heavy (non-hydrogen) atoms. The smallest absolute Gasteiger partial charge is 0.251 e. The number of hydrogen-bond acceptors (Lipinski definition) is 7. The number of thiophene rings is 1. The van der Waals surface area contributed by atoms with E-state index < -0.39 is 17.9 Å². The number of alkyl halides is 1. The third-order valence-corrected chi connectivity index (χ3v) is 7.50. The van der Waals surface area contributed by atoms with Crippen molar-refractivity contribution < 1.29 is 14.4 Å². The van der Waals surface area contributed by atoms with Crippen molar-refractivity contribution in [3.05, 3.63) is 45.8 Å². The van der Waals surface area contributed by atoms with Gasteiger partial charge in [-0.2, -0.15) is 0 Å². The first-order chi connectivity index (χ1) is 13.7. The number of halogens is 1. The number of nitrogens with one attached hydrogen (secondary N) is 1. The molecule has 2 aromatic rings. The molecule has 3 rings (SSSR count). The number of para-hydroxylation sites is 1. The third kappa shape index (κ3) is 4.35. The summed E-state index contributed by atoms with van der Waals surface area (Å²) in [6, 6.07) is 5.52. The fourth-order valence-electron chi connectivity index (χ4n) is 3.23. The third-order valence-electron chi connectivity index (χ3n) is 4.84. The van der Waals surface area contributed by atoms with Crippen LogP contribution in [0.4, 0.5) is 10.7 Å². The first-order valence-electron chi connectivity index (χ1n) is 8.94. The van der Waals surface area contributed by atoms with E-state index in [-0.39, 0.29) is 17.2 Å². The number of benzene rings is 1. The maximum absolute atomic E-state index is 12.6. The van der Waals surface area contributed by atoms with Crippen molar-refractivity contribution >= 4 is 55.6 Å². The second-order valence-electron chi connectivity index (χ2n) is 6.89.